The van der Waals surface area contributed by atoms with E-state index in [0.717, 1.165) is 56.2 Å². The number of likely N-dealkylation sites (N-methyl/N-ethyl adjacent to an activating group) is 1. The van der Waals surface area contributed by atoms with E-state index in [-0.39, 0.29) is 23.5 Å². The monoisotopic (exact) mass is 542 g/mol. The molecule has 1 fully saturated rings. The third kappa shape index (κ3) is 7.24. The zero-order valence-electron chi connectivity index (χ0n) is 22.9. The summed E-state index contributed by atoms with van der Waals surface area (Å²) in [7, 11) is 6.45. The van der Waals surface area contributed by atoms with Crippen molar-refractivity contribution in [3.8, 4) is 17.2 Å². The fraction of sp³-hybridized carbons (Fsp3) is 0.429. The topological polar surface area (TPSA) is 84.0 Å². The largest absolute Gasteiger partial charge is 0.495 e. The van der Waals surface area contributed by atoms with Gasteiger partial charge >= 0.3 is 0 Å². The van der Waals surface area contributed by atoms with Gasteiger partial charge in [0.15, 0.2) is 23.1 Å². The maximum atomic E-state index is 14.6. The van der Waals surface area contributed by atoms with Crippen LogP contribution < -0.4 is 24.8 Å². The van der Waals surface area contributed by atoms with E-state index in [1.54, 1.807) is 19.5 Å². The van der Waals surface area contributed by atoms with E-state index < -0.39 is 11.6 Å². The van der Waals surface area contributed by atoms with Crippen LogP contribution in [0, 0.1) is 11.6 Å². The summed E-state index contributed by atoms with van der Waals surface area (Å²) in [5.41, 5.74) is 2.33. The lowest BCUT2D eigenvalue weighted by molar-refractivity contribution is 0.158. The van der Waals surface area contributed by atoms with Crippen molar-refractivity contribution in [1.82, 2.24) is 19.8 Å². The second-order valence-corrected chi connectivity index (χ2v) is 9.41. The van der Waals surface area contributed by atoms with Crippen LogP contribution in [0.1, 0.15) is 11.1 Å². The van der Waals surface area contributed by atoms with Crippen LogP contribution in [0.25, 0.3) is 0 Å². The lowest BCUT2D eigenvalue weighted by Gasteiger charge is -2.32. The summed E-state index contributed by atoms with van der Waals surface area (Å²) in [4.78, 5) is 13.5. The zero-order chi connectivity index (χ0) is 27.8. The minimum Gasteiger partial charge on any atom is -0.495 e. The molecule has 4 rings (SSSR count). The second-order valence-electron chi connectivity index (χ2n) is 9.41. The molecule has 0 atom stereocenters. The number of nitrogens with one attached hydrogen (secondary N) is 2. The van der Waals surface area contributed by atoms with Crippen molar-refractivity contribution < 1.29 is 23.0 Å². The molecule has 11 heteroatoms. The number of benzene rings is 2. The van der Waals surface area contributed by atoms with Crippen molar-refractivity contribution in [3.05, 3.63) is 59.4 Å². The van der Waals surface area contributed by atoms with Crippen LogP contribution in [0.15, 0.2) is 36.7 Å². The highest BCUT2D eigenvalue weighted by molar-refractivity contribution is 5.66. The third-order valence-electron chi connectivity index (χ3n) is 6.83. The number of hydrogen-bond acceptors (Lipinski definition) is 9. The molecule has 0 unspecified atom stereocenters. The average Bonchev–Trinajstić information content (AvgIpc) is 2.95. The van der Waals surface area contributed by atoms with Crippen LogP contribution in [-0.2, 0) is 12.8 Å². The Morgan fingerprint density at radius 3 is 2.10 bits per heavy atom. The van der Waals surface area contributed by atoms with E-state index in [0.29, 0.717) is 18.1 Å². The average molecular weight is 543 g/mol. The second kappa shape index (κ2) is 13.4. The number of anilines is 3. The number of hydrogen-bond donors (Lipinski definition) is 2. The molecule has 3 aromatic rings. The van der Waals surface area contributed by atoms with Gasteiger partial charge in [-0.15, -0.1) is 0 Å². The molecule has 1 saturated heterocycles. The van der Waals surface area contributed by atoms with Gasteiger partial charge in [-0.05, 0) is 37.6 Å². The molecule has 1 aromatic heterocycles. The summed E-state index contributed by atoms with van der Waals surface area (Å²) in [5.74, 6) is -0.483. The maximum absolute atomic E-state index is 14.6. The summed E-state index contributed by atoms with van der Waals surface area (Å²) in [6.07, 6.45) is 3.71. The fourth-order valence-electron chi connectivity index (χ4n) is 4.44. The van der Waals surface area contributed by atoms with Crippen molar-refractivity contribution in [1.29, 1.82) is 0 Å². The van der Waals surface area contributed by atoms with Crippen molar-refractivity contribution in [2.24, 2.45) is 0 Å². The van der Waals surface area contributed by atoms with Crippen LogP contribution in [0.5, 0.6) is 17.2 Å². The Kier molecular flexibility index (Phi) is 9.72. The molecule has 0 amide bonds. The molecule has 1 aliphatic heterocycles. The number of aromatic nitrogens is 2. The van der Waals surface area contributed by atoms with Gasteiger partial charge in [0.2, 0.25) is 5.95 Å². The molecule has 0 bridgehead atoms. The highest BCUT2D eigenvalue weighted by Gasteiger charge is 2.20. The number of piperazine rings is 1. The minimum atomic E-state index is -0.735. The van der Waals surface area contributed by atoms with E-state index in [2.05, 4.69) is 37.4 Å². The van der Waals surface area contributed by atoms with Gasteiger partial charge in [0.25, 0.3) is 0 Å². The number of methoxy groups -OCH3 is 3. The van der Waals surface area contributed by atoms with Gasteiger partial charge in [0, 0.05) is 75.0 Å². The molecule has 0 aliphatic carbocycles. The standard InChI is InChI=1S/C28H36F2N6O3/c1-35-11-13-36(14-12-35)10-9-31-22-8-6-20(15-23(22)37-2)34-28-32-17-19(18-33-28)5-7-21-26(29)24(38-3)16-25(39-4)27(21)30/h6,8,15-18,31H,5,7,9-14H2,1-4H3,(H,32,33,34). The Morgan fingerprint density at radius 1 is 0.846 bits per heavy atom. The van der Waals surface area contributed by atoms with Gasteiger partial charge in [-0.25, -0.2) is 18.7 Å². The zero-order valence-corrected chi connectivity index (χ0v) is 22.9. The molecular weight excluding hydrogens is 506 g/mol. The predicted octanol–water partition coefficient (Wildman–Crippen LogP) is 3.97. The number of nitrogens with zero attached hydrogens (tertiary/aromatic N) is 4. The molecule has 0 saturated carbocycles. The summed E-state index contributed by atoms with van der Waals surface area (Å²) in [6, 6.07) is 6.98. The molecule has 1 aliphatic rings. The molecular formula is C28H36F2N6O3. The van der Waals surface area contributed by atoms with E-state index in [4.69, 9.17) is 14.2 Å². The molecule has 2 aromatic carbocycles. The minimum absolute atomic E-state index is 0.0641. The highest BCUT2D eigenvalue weighted by Crippen LogP contribution is 2.32. The lowest BCUT2D eigenvalue weighted by Crippen LogP contribution is -2.45. The SMILES string of the molecule is COc1cc(Nc2ncc(CCc3c(F)c(OC)cc(OC)c3F)cn2)ccc1NCCN1CCN(C)CC1. The van der Waals surface area contributed by atoms with Crippen LogP contribution >= 0.6 is 0 Å². The quantitative estimate of drug-likeness (QED) is 0.353. The van der Waals surface area contributed by atoms with E-state index in [9.17, 15) is 8.78 Å². The van der Waals surface area contributed by atoms with Crippen molar-refractivity contribution in [3.63, 3.8) is 0 Å². The first-order chi connectivity index (χ1) is 18.9. The fourth-order valence-corrected chi connectivity index (χ4v) is 4.44. The summed E-state index contributed by atoms with van der Waals surface area (Å²) >= 11 is 0. The lowest BCUT2D eigenvalue weighted by atomic mass is 10.0. The normalized spacial score (nSPS) is 14.2. The molecule has 0 radical (unpaired) electrons. The Morgan fingerprint density at radius 2 is 1.49 bits per heavy atom. The van der Waals surface area contributed by atoms with Crippen molar-refractivity contribution in [2.45, 2.75) is 12.8 Å². The first kappa shape index (κ1) is 28.3. The van der Waals surface area contributed by atoms with E-state index >= 15 is 0 Å². The van der Waals surface area contributed by atoms with Crippen LogP contribution in [0.3, 0.4) is 0 Å². The Hall–Kier alpha value is -3.70. The first-order valence-electron chi connectivity index (χ1n) is 12.9. The van der Waals surface area contributed by atoms with Crippen LogP contribution in [-0.4, -0.2) is 87.4 Å². The van der Waals surface area contributed by atoms with Gasteiger partial charge in [0.1, 0.15) is 5.75 Å². The van der Waals surface area contributed by atoms with Gasteiger partial charge in [-0.2, -0.15) is 0 Å². The van der Waals surface area contributed by atoms with Gasteiger partial charge in [0.05, 0.1) is 27.0 Å². The number of ether oxygens (including phenoxy) is 3. The Bertz CT molecular complexity index is 1210. The molecule has 39 heavy (non-hydrogen) atoms. The smallest absolute Gasteiger partial charge is 0.227 e. The predicted molar refractivity (Wildman–Crippen MR) is 148 cm³/mol. The summed E-state index contributed by atoms with van der Waals surface area (Å²) in [6.45, 7) is 6.17. The Labute approximate surface area is 228 Å². The van der Waals surface area contributed by atoms with Gasteiger partial charge in [-0.3, -0.25) is 4.90 Å². The first-order valence-corrected chi connectivity index (χ1v) is 12.9. The molecule has 2 N–H and O–H groups in total. The molecule has 9 nitrogen and oxygen atoms in total. The summed E-state index contributed by atoms with van der Waals surface area (Å²) in [5, 5.41) is 6.63. The maximum Gasteiger partial charge on any atom is 0.227 e. The van der Waals surface area contributed by atoms with Gasteiger partial charge in [-0.1, -0.05) is 0 Å². The molecule has 0 spiro atoms. The molecule has 2 heterocycles. The van der Waals surface area contributed by atoms with Gasteiger partial charge < -0.3 is 29.7 Å². The third-order valence-corrected chi connectivity index (χ3v) is 6.83. The number of halogens is 2. The van der Waals surface area contributed by atoms with E-state index in [1.165, 1.54) is 20.3 Å². The van der Waals surface area contributed by atoms with Crippen LogP contribution in [0.2, 0.25) is 0 Å². The number of aryl methyl sites for hydroxylation is 1. The van der Waals surface area contributed by atoms with E-state index in [1.807, 2.05) is 18.2 Å². The molecule has 210 valence electrons. The Balaban J connectivity index is 1.33. The van der Waals surface area contributed by atoms with Crippen molar-refractivity contribution in [2.75, 3.05) is 78.3 Å². The number of rotatable bonds is 12. The summed E-state index contributed by atoms with van der Waals surface area (Å²) < 4.78 is 44.9. The highest BCUT2D eigenvalue weighted by atomic mass is 19.1. The van der Waals surface area contributed by atoms with Crippen molar-refractivity contribution >= 4 is 17.3 Å². The van der Waals surface area contributed by atoms with Crippen LogP contribution in [0.4, 0.5) is 26.1 Å².